The van der Waals surface area contributed by atoms with Crippen molar-refractivity contribution in [3.8, 4) is 0 Å². The average molecular weight is 194 g/mol. The van der Waals surface area contributed by atoms with Crippen LogP contribution in [-0.4, -0.2) is 17.0 Å². The van der Waals surface area contributed by atoms with Gasteiger partial charge in [-0.1, -0.05) is 6.08 Å². The van der Waals surface area contributed by atoms with E-state index in [2.05, 4.69) is 6.58 Å². The van der Waals surface area contributed by atoms with Gasteiger partial charge in [0.05, 0.1) is 11.5 Å². The highest BCUT2D eigenvalue weighted by atomic mass is 16.3. The fourth-order valence-electron chi connectivity index (χ4n) is 3.36. The second kappa shape index (κ2) is 3.50. The number of allylic oxidation sites excluding steroid dienone is 1. The Labute approximate surface area is 85.0 Å². The van der Waals surface area contributed by atoms with Crippen molar-refractivity contribution >= 4 is 5.78 Å². The van der Waals surface area contributed by atoms with Crippen LogP contribution in [0.25, 0.3) is 0 Å². The summed E-state index contributed by atoms with van der Waals surface area (Å²) >= 11 is 0. The molecular weight excluding hydrogens is 176 g/mol. The molecule has 0 heterocycles. The molecule has 2 rings (SSSR count). The van der Waals surface area contributed by atoms with E-state index >= 15 is 0 Å². The van der Waals surface area contributed by atoms with Crippen LogP contribution in [0.4, 0.5) is 0 Å². The Kier molecular flexibility index (Phi) is 2.48. The molecule has 0 aliphatic heterocycles. The SMILES string of the molecule is C=CCC12C(=O)CCCC1CCC2O. The highest BCUT2D eigenvalue weighted by molar-refractivity contribution is 5.87. The summed E-state index contributed by atoms with van der Waals surface area (Å²) in [4.78, 5) is 12.0. The van der Waals surface area contributed by atoms with Crippen LogP contribution < -0.4 is 0 Å². The van der Waals surface area contributed by atoms with Crippen LogP contribution in [0, 0.1) is 11.3 Å². The molecule has 14 heavy (non-hydrogen) atoms. The van der Waals surface area contributed by atoms with Crippen molar-refractivity contribution in [2.24, 2.45) is 11.3 Å². The number of rotatable bonds is 2. The van der Waals surface area contributed by atoms with Crippen molar-refractivity contribution in [1.29, 1.82) is 0 Å². The summed E-state index contributed by atoms with van der Waals surface area (Å²) < 4.78 is 0. The van der Waals surface area contributed by atoms with Crippen LogP contribution in [0.5, 0.6) is 0 Å². The fourth-order valence-corrected chi connectivity index (χ4v) is 3.36. The van der Waals surface area contributed by atoms with Crippen molar-refractivity contribution < 1.29 is 9.90 Å². The van der Waals surface area contributed by atoms with E-state index in [9.17, 15) is 9.90 Å². The van der Waals surface area contributed by atoms with Gasteiger partial charge in [-0.2, -0.15) is 0 Å². The summed E-state index contributed by atoms with van der Waals surface area (Å²) in [5, 5.41) is 10.0. The number of hydrogen-bond acceptors (Lipinski definition) is 2. The van der Waals surface area contributed by atoms with Crippen LogP contribution in [0.2, 0.25) is 0 Å². The summed E-state index contributed by atoms with van der Waals surface area (Å²) in [6.45, 7) is 3.72. The quantitative estimate of drug-likeness (QED) is 0.683. The zero-order valence-electron chi connectivity index (χ0n) is 8.54. The zero-order valence-corrected chi connectivity index (χ0v) is 8.54. The number of carbonyl (C=O) groups excluding carboxylic acids is 1. The van der Waals surface area contributed by atoms with Crippen LogP contribution in [0.15, 0.2) is 12.7 Å². The Balaban J connectivity index is 2.33. The zero-order chi connectivity index (χ0) is 10.2. The molecule has 0 aromatic carbocycles. The van der Waals surface area contributed by atoms with E-state index in [1.54, 1.807) is 6.08 Å². The van der Waals surface area contributed by atoms with Crippen LogP contribution >= 0.6 is 0 Å². The highest BCUT2D eigenvalue weighted by Crippen LogP contribution is 2.52. The monoisotopic (exact) mass is 194 g/mol. The maximum absolute atomic E-state index is 12.0. The van der Waals surface area contributed by atoms with Gasteiger partial charge in [-0.25, -0.2) is 0 Å². The smallest absolute Gasteiger partial charge is 0.142 e. The lowest BCUT2D eigenvalue weighted by Gasteiger charge is -2.39. The summed E-state index contributed by atoms with van der Waals surface area (Å²) in [7, 11) is 0. The summed E-state index contributed by atoms with van der Waals surface area (Å²) in [6.07, 6.45) is 6.62. The second-order valence-electron chi connectivity index (χ2n) is 4.64. The first kappa shape index (κ1) is 9.91. The molecule has 3 unspecified atom stereocenters. The largest absolute Gasteiger partial charge is 0.392 e. The third-order valence-corrected chi connectivity index (χ3v) is 4.07. The Morgan fingerprint density at radius 3 is 3.00 bits per heavy atom. The van der Waals surface area contributed by atoms with Gasteiger partial charge in [-0.05, 0) is 38.0 Å². The van der Waals surface area contributed by atoms with Crippen LogP contribution in [0.1, 0.15) is 38.5 Å². The molecule has 0 bridgehead atoms. The van der Waals surface area contributed by atoms with Gasteiger partial charge in [0.15, 0.2) is 0 Å². The topological polar surface area (TPSA) is 37.3 Å². The lowest BCUT2D eigenvalue weighted by molar-refractivity contribution is -0.140. The van der Waals surface area contributed by atoms with Gasteiger partial charge in [0.2, 0.25) is 0 Å². The van der Waals surface area contributed by atoms with E-state index < -0.39 is 11.5 Å². The molecular formula is C12H18O2. The number of aliphatic hydroxyl groups is 1. The summed E-state index contributed by atoms with van der Waals surface area (Å²) in [6, 6.07) is 0. The lowest BCUT2D eigenvalue weighted by Crippen LogP contribution is -2.45. The predicted octanol–water partition coefficient (Wildman–Crippen LogP) is 2.07. The van der Waals surface area contributed by atoms with E-state index in [1.807, 2.05) is 0 Å². The fraction of sp³-hybridized carbons (Fsp3) is 0.750. The summed E-state index contributed by atoms with van der Waals surface area (Å²) in [5.74, 6) is 0.690. The summed E-state index contributed by atoms with van der Waals surface area (Å²) in [5.41, 5.74) is -0.444. The molecule has 2 aliphatic rings. The Bertz CT molecular complexity index is 257. The average Bonchev–Trinajstić information content (AvgIpc) is 2.48. The molecule has 0 aromatic rings. The van der Waals surface area contributed by atoms with Crippen molar-refractivity contribution in [2.75, 3.05) is 0 Å². The van der Waals surface area contributed by atoms with Gasteiger partial charge in [0, 0.05) is 6.42 Å². The number of Topliss-reactive ketones (excluding diaryl/α,β-unsaturated/α-hetero) is 1. The van der Waals surface area contributed by atoms with Gasteiger partial charge in [-0.3, -0.25) is 4.79 Å². The number of carbonyl (C=O) groups is 1. The number of aliphatic hydroxyl groups excluding tert-OH is 1. The molecule has 0 radical (unpaired) electrons. The standard InChI is InChI=1S/C12H18O2/c1-2-8-12-9(6-7-11(12)14)4-3-5-10(12)13/h2,9,11,14H,1,3-8H2. The van der Waals surface area contributed by atoms with Crippen molar-refractivity contribution in [1.82, 2.24) is 0 Å². The van der Waals surface area contributed by atoms with E-state index in [1.165, 1.54) is 0 Å². The van der Waals surface area contributed by atoms with Gasteiger partial charge >= 0.3 is 0 Å². The van der Waals surface area contributed by atoms with Crippen molar-refractivity contribution in [2.45, 2.75) is 44.6 Å². The molecule has 2 nitrogen and oxygen atoms in total. The maximum Gasteiger partial charge on any atom is 0.142 e. The molecule has 2 fully saturated rings. The minimum atomic E-state index is -0.444. The molecule has 0 spiro atoms. The number of fused-ring (bicyclic) bond motifs is 1. The molecule has 3 atom stereocenters. The Morgan fingerprint density at radius 2 is 2.29 bits per heavy atom. The molecule has 2 aliphatic carbocycles. The van der Waals surface area contributed by atoms with Crippen LogP contribution in [0.3, 0.4) is 0 Å². The second-order valence-corrected chi connectivity index (χ2v) is 4.64. The Morgan fingerprint density at radius 1 is 1.50 bits per heavy atom. The molecule has 0 saturated heterocycles. The van der Waals surface area contributed by atoms with E-state index in [-0.39, 0.29) is 5.78 Å². The third-order valence-electron chi connectivity index (χ3n) is 4.07. The molecule has 78 valence electrons. The van der Waals surface area contributed by atoms with Crippen molar-refractivity contribution in [3.63, 3.8) is 0 Å². The normalized spacial score (nSPS) is 42.2. The predicted molar refractivity (Wildman–Crippen MR) is 54.8 cm³/mol. The molecule has 1 N–H and O–H groups in total. The van der Waals surface area contributed by atoms with E-state index in [0.29, 0.717) is 18.8 Å². The number of hydrogen-bond donors (Lipinski definition) is 1. The lowest BCUT2D eigenvalue weighted by atomic mass is 9.64. The minimum absolute atomic E-state index is 0.277. The Hall–Kier alpha value is -0.630. The van der Waals surface area contributed by atoms with Crippen molar-refractivity contribution in [3.05, 3.63) is 12.7 Å². The molecule has 2 heteroatoms. The molecule has 0 aromatic heterocycles. The van der Waals surface area contributed by atoms with E-state index in [0.717, 1.165) is 25.7 Å². The first-order valence-corrected chi connectivity index (χ1v) is 5.54. The van der Waals surface area contributed by atoms with E-state index in [4.69, 9.17) is 0 Å². The van der Waals surface area contributed by atoms with Crippen LogP contribution in [-0.2, 0) is 4.79 Å². The van der Waals surface area contributed by atoms with Gasteiger partial charge in [0.25, 0.3) is 0 Å². The first-order chi connectivity index (χ1) is 6.71. The van der Waals surface area contributed by atoms with Gasteiger partial charge in [-0.15, -0.1) is 6.58 Å². The van der Waals surface area contributed by atoms with Gasteiger partial charge in [0.1, 0.15) is 5.78 Å². The molecule has 2 saturated carbocycles. The highest BCUT2D eigenvalue weighted by Gasteiger charge is 2.54. The number of ketones is 1. The maximum atomic E-state index is 12.0. The first-order valence-electron chi connectivity index (χ1n) is 5.54. The third kappa shape index (κ3) is 1.17. The minimum Gasteiger partial charge on any atom is -0.392 e. The van der Waals surface area contributed by atoms with Gasteiger partial charge < -0.3 is 5.11 Å². The molecule has 0 amide bonds.